The molecule has 0 aliphatic rings. The second kappa shape index (κ2) is 7.11. The Morgan fingerprint density at radius 2 is 2.09 bits per heavy atom. The molecule has 0 saturated carbocycles. The van der Waals surface area contributed by atoms with E-state index < -0.39 is 0 Å². The molecule has 22 heavy (non-hydrogen) atoms. The number of ether oxygens (including phenoxy) is 1. The summed E-state index contributed by atoms with van der Waals surface area (Å²) in [6, 6.07) is 7.75. The van der Waals surface area contributed by atoms with E-state index in [0.29, 0.717) is 13.2 Å². The van der Waals surface area contributed by atoms with Crippen molar-refractivity contribution in [3.8, 4) is 5.75 Å². The first-order valence-electron chi connectivity index (χ1n) is 7.54. The number of aromatic nitrogens is 2. The third-order valence-electron chi connectivity index (χ3n) is 3.74. The summed E-state index contributed by atoms with van der Waals surface area (Å²) in [7, 11) is 0. The SMILES string of the molecule is CCOc1ccccc1CNC(=O)C(C)c1c(C)n[nH]c1C. The van der Waals surface area contributed by atoms with Crippen molar-refractivity contribution in [3.63, 3.8) is 0 Å². The molecule has 118 valence electrons. The molecule has 2 aromatic rings. The minimum absolute atomic E-state index is 0.0149. The number of amides is 1. The predicted octanol–water partition coefficient (Wildman–Crippen LogP) is 2.85. The van der Waals surface area contributed by atoms with Crippen LogP contribution in [0, 0.1) is 13.8 Å². The molecule has 0 spiro atoms. The van der Waals surface area contributed by atoms with E-state index in [1.807, 2.05) is 52.0 Å². The molecule has 1 atom stereocenters. The fraction of sp³-hybridized carbons (Fsp3) is 0.412. The number of carbonyl (C=O) groups is 1. The van der Waals surface area contributed by atoms with E-state index in [-0.39, 0.29) is 11.8 Å². The van der Waals surface area contributed by atoms with Gasteiger partial charge >= 0.3 is 0 Å². The average Bonchev–Trinajstić information content (AvgIpc) is 2.84. The third-order valence-corrected chi connectivity index (χ3v) is 3.74. The highest BCUT2D eigenvalue weighted by Crippen LogP contribution is 2.22. The molecule has 2 rings (SSSR count). The number of nitrogens with one attached hydrogen (secondary N) is 2. The fourth-order valence-electron chi connectivity index (χ4n) is 2.61. The molecule has 1 amide bonds. The molecule has 0 saturated heterocycles. The molecule has 1 aromatic carbocycles. The Morgan fingerprint density at radius 3 is 2.73 bits per heavy atom. The van der Waals surface area contributed by atoms with Gasteiger partial charge in [0.05, 0.1) is 18.2 Å². The van der Waals surface area contributed by atoms with Gasteiger partial charge in [0, 0.05) is 23.4 Å². The number of aryl methyl sites for hydroxylation is 2. The Labute approximate surface area is 131 Å². The standard InChI is InChI=1S/C17H23N3O2/c1-5-22-15-9-7-6-8-14(15)10-18-17(21)11(2)16-12(3)19-20-13(16)4/h6-9,11H,5,10H2,1-4H3,(H,18,21)(H,19,20). The van der Waals surface area contributed by atoms with Gasteiger partial charge in [0.2, 0.25) is 5.91 Å². The average molecular weight is 301 g/mol. The number of H-pyrrole nitrogens is 1. The van der Waals surface area contributed by atoms with Gasteiger partial charge in [-0.25, -0.2) is 0 Å². The van der Waals surface area contributed by atoms with E-state index in [1.165, 1.54) is 0 Å². The normalized spacial score (nSPS) is 12.0. The summed E-state index contributed by atoms with van der Waals surface area (Å²) in [5.41, 5.74) is 3.76. The zero-order chi connectivity index (χ0) is 16.1. The van der Waals surface area contributed by atoms with Crippen molar-refractivity contribution >= 4 is 5.91 Å². The van der Waals surface area contributed by atoms with Crippen LogP contribution in [-0.4, -0.2) is 22.7 Å². The van der Waals surface area contributed by atoms with E-state index in [2.05, 4.69) is 15.5 Å². The maximum Gasteiger partial charge on any atom is 0.227 e. The summed E-state index contributed by atoms with van der Waals surface area (Å²) in [4.78, 5) is 12.4. The van der Waals surface area contributed by atoms with E-state index >= 15 is 0 Å². The highest BCUT2D eigenvalue weighted by molar-refractivity contribution is 5.83. The predicted molar refractivity (Wildman–Crippen MR) is 85.9 cm³/mol. The highest BCUT2D eigenvalue weighted by Gasteiger charge is 2.21. The molecule has 0 bridgehead atoms. The summed E-state index contributed by atoms with van der Waals surface area (Å²) < 4.78 is 5.57. The molecule has 1 aromatic heterocycles. The molecule has 0 aliphatic heterocycles. The van der Waals surface area contributed by atoms with E-state index in [0.717, 1.165) is 28.3 Å². The maximum atomic E-state index is 12.4. The zero-order valence-corrected chi connectivity index (χ0v) is 13.6. The first-order valence-corrected chi connectivity index (χ1v) is 7.54. The lowest BCUT2D eigenvalue weighted by Crippen LogP contribution is -2.28. The van der Waals surface area contributed by atoms with Gasteiger partial charge in [0.1, 0.15) is 5.75 Å². The van der Waals surface area contributed by atoms with Crippen molar-refractivity contribution in [2.75, 3.05) is 6.61 Å². The Hall–Kier alpha value is -2.30. The third kappa shape index (κ3) is 3.47. The largest absolute Gasteiger partial charge is 0.494 e. The molecule has 0 fully saturated rings. The van der Waals surface area contributed by atoms with E-state index in [1.54, 1.807) is 0 Å². The minimum Gasteiger partial charge on any atom is -0.494 e. The van der Waals surface area contributed by atoms with Gasteiger partial charge in [-0.3, -0.25) is 9.89 Å². The van der Waals surface area contributed by atoms with Crippen LogP contribution < -0.4 is 10.1 Å². The summed E-state index contributed by atoms with van der Waals surface area (Å²) in [5, 5.41) is 10.1. The van der Waals surface area contributed by atoms with E-state index in [4.69, 9.17) is 4.74 Å². The summed E-state index contributed by atoms with van der Waals surface area (Å²) >= 11 is 0. The topological polar surface area (TPSA) is 67.0 Å². The second-order valence-corrected chi connectivity index (χ2v) is 5.33. The van der Waals surface area contributed by atoms with Crippen LogP contribution in [0.5, 0.6) is 5.75 Å². The molecule has 0 aliphatic carbocycles. The Bertz CT molecular complexity index is 630. The molecule has 5 heteroatoms. The van der Waals surface area contributed by atoms with Crippen molar-refractivity contribution in [2.45, 2.75) is 40.2 Å². The van der Waals surface area contributed by atoms with Crippen LogP contribution in [0.1, 0.15) is 42.3 Å². The van der Waals surface area contributed by atoms with E-state index in [9.17, 15) is 4.79 Å². The van der Waals surface area contributed by atoms with Crippen molar-refractivity contribution in [1.29, 1.82) is 0 Å². The molecule has 1 heterocycles. The second-order valence-electron chi connectivity index (χ2n) is 5.33. The van der Waals surface area contributed by atoms with Crippen LogP contribution in [0.4, 0.5) is 0 Å². The van der Waals surface area contributed by atoms with Gasteiger partial charge in [-0.05, 0) is 33.8 Å². The Balaban J connectivity index is 2.04. The van der Waals surface area contributed by atoms with Crippen molar-refractivity contribution in [1.82, 2.24) is 15.5 Å². The number of carbonyl (C=O) groups excluding carboxylic acids is 1. The lowest BCUT2D eigenvalue weighted by atomic mass is 9.98. The monoisotopic (exact) mass is 301 g/mol. The van der Waals surface area contributed by atoms with Gasteiger partial charge in [0.15, 0.2) is 0 Å². The zero-order valence-electron chi connectivity index (χ0n) is 13.6. The number of hydrogen-bond acceptors (Lipinski definition) is 3. The number of para-hydroxylation sites is 1. The van der Waals surface area contributed by atoms with Crippen LogP contribution in [0.25, 0.3) is 0 Å². The van der Waals surface area contributed by atoms with Gasteiger partial charge in [-0.1, -0.05) is 18.2 Å². The van der Waals surface area contributed by atoms with Crippen LogP contribution in [0.15, 0.2) is 24.3 Å². The fourth-order valence-corrected chi connectivity index (χ4v) is 2.61. The lowest BCUT2D eigenvalue weighted by molar-refractivity contribution is -0.122. The first-order chi connectivity index (χ1) is 10.5. The quantitative estimate of drug-likeness (QED) is 0.862. The number of benzene rings is 1. The Kier molecular flexibility index (Phi) is 5.20. The molecule has 2 N–H and O–H groups in total. The van der Waals surface area contributed by atoms with Gasteiger partial charge in [0.25, 0.3) is 0 Å². The van der Waals surface area contributed by atoms with Crippen LogP contribution >= 0.6 is 0 Å². The van der Waals surface area contributed by atoms with Crippen LogP contribution in [0.3, 0.4) is 0 Å². The minimum atomic E-state index is -0.238. The Morgan fingerprint density at radius 1 is 1.36 bits per heavy atom. The lowest BCUT2D eigenvalue weighted by Gasteiger charge is -2.14. The summed E-state index contributed by atoms with van der Waals surface area (Å²) in [6.07, 6.45) is 0. The molecule has 1 unspecified atom stereocenters. The van der Waals surface area contributed by atoms with Gasteiger partial charge in [-0.2, -0.15) is 5.10 Å². The molecule has 0 radical (unpaired) electrons. The number of hydrogen-bond donors (Lipinski definition) is 2. The smallest absolute Gasteiger partial charge is 0.227 e. The molecular formula is C17H23N3O2. The first kappa shape index (κ1) is 16.1. The molecule has 5 nitrogen and oxygen atoms in total. The number of rotatable bonds is 6. The van der Waals surface area contributed by atoms with Crippen molar-refractivity contribution in [3.05, 3.63) is 46.8 Å². The van der Waals surface area contributed by atoms with Crippen LogP contribution in [0.2, 0.25) is 0 Å². The van der Waals surface area contributed by atoms with Crippen LogP contribution in [-0.2, 0) is 11.3 Å². The summed E-state index contributed by atoms with van der Waals surface area (Å²) in [5.74, 6) is 0.561. The van der Waals surface area contributed by atoms with Gasteiger partial charge < -0.3 is 10.1 Å². The van der Waals surface area contributed by atoms with Gasteiger partial charge in [-0.15, -0.1) is 0 Å². The number of aromatic amines is 1. The maximum absolute atomic E-state index is 12.4. The van der Waals surface area contributed by atoms with Crippen molar-refractivity contribution in [2.24, 2.45) is 0 Å². The summed E-state index contributed by atoms with van der Waals surface area (Å²) in [6.45, 7) is 8.75. The molecular weight excluding hydrogens is 278 g/mol. The number of nitrogens with zero attached hydrogens (tertiary/aromatic N) is 1. The van der Waals surface area contributed by atoms with Crippen molar-refractivity contribution < 1.29 is 9.53 Å². The highest BCUT2D eigenvalue weighted by atomic mass is 16.5.